The number of amides is 1. The molecular weight excluding hydrogens is 289 g/mol. The van der Waals surface area contributed by atoms with Crippen molar-refractivity contribution in [3.63, 3.8) is 0 Å². The molecule has 2 N–H and O–H groups in total. The van der Waals surface area contributed by atoms with Gasteiger partial charge in [0.2, 0.25) is 0 Å². The van der Waals surface area contributed by atoms with Gasteiger partial charge in [0.05, 0.1) is 0 Å². The van der Waals surface area contributed by atoms with Crippen molar-refractivity contribution in [1.29, 1.82) is 0 Å². The number of hydrogen-bond donors (Lipinski definition) is 2. The molecule has 0 spiro atoms. The highest BCUT2D eigenvalue weighted by atomic mass is 19.1. The number of nitrogens with one attached hydrogen (secondary N) is 1. The number of carbonyl (C=O) groups excluding carboxylic acids is 1. The Hall–Kier alpha value is -2.34. The first kappa shape index (κ1) is 16.0. The molecule has 0 fully saturated rings. The Morgan fingerprint density at radius 3 is 2.73 bits per heavy atom. The topological polar surface area (TPSA) is 71.7 Å². The van der Waals surface area contributed by atoms with Crippen LogP contribution < -0.4 is 10.1 Å². The zero-order chi connectivity index (χ0) is 15.9. The molecule has 1 amide bonds. The molecule has 0 aliphatic heterocycles. The highest BCUT2D eigenvalue weighted by Gasteiger charge is 2.13. The van der Waals surface area contributed by atoms with Crippen LogP contribution in [-0.2, 0) is 6.61 Å². The maximum Gasteiger partial charge on any atom is 0.287 e. The van der Waals surface area contributed by atoms with Gasteiger partial charge in [0.15, 0.2) is 5.76 Å². The summed E-state index contributed by atoms with van der Waals surface area (Å²) in [6.07, 6.45) is 0.479. The molecule has 0 aliphatic carbocycles. The third kappa shape index (κ3) is 4.60. The number of rotatable bonds is 7. The summed E-state index contributed by atoms with van der Waals surface area (Å²) in [4.78, 5) is 11.9. The third-order valence-electron chi connectivity index (χ3n) is 3.02. The highest BCUT2D eigenvalue weighted by molar-refractivity contribution is 5.91. The van der Waals surface area contributed by atoms with E-state index in [0.717, 1.165) is 0 Å². The first-order valence-corrected chi connectivity index (χ1v) is 6.97. The summed E-state index contributed by atoms with van der Waals surface area (Å²) in [5.41, 5.74) is 0. The molecule has 2 aromatic rings. The molecule has 1 aromatic heterocycles. The van der Waals surface area contributed by atoms with Crippen molar-refractivity contribution in [3.05, 3.63) is 53.7 Å². The number of carbonyl (C=O) groups is 1. The van der Waals surface area contributed by atoms with E-state index < -0.39 is 0 Å². The zero-order valence-electron chi connectivity index (χ0n) is 12.2. The molecule has 0 bridgehead atoms. The second-order valence-electron chi connectivity index (χ2n) is 4.90. The van der Waals surface area contributed by atoms with Gasteiger partial charge in [-0.25, -0.2) is 4.39 Å². The molecule has 1 atom stereocenters. The predicted molar refractivity (Wildman–Crippen MR) is 78.1 cm³/mol. The minimum absolute atomic E-state index is 0.0103. The fraction of sp³-hybridized carbons (Fsp3) is 0.312. The lowest BCUT2D eigenvalue weighted by molar-refractivity contribution is 0.0902. The van der Waals surface area contributed by atoms with Gasteiger partial charge in [-0.1, -0.05) is 0 Å². The van der Waals surface area contributed by atoms with E-state index in [-0.39, 0.29) is 36.7 Å². The molecule has 0 radical (unpaired) electrons. The molecule has 1 heterocycles. The maximum atomic E-state index is 12.8. The SMILES string of the molecule is C[C@H](CCO)NC(=O)c1ccc(COc2ccc(F)cc2)o1. The van der Waals surface area contributed by atoms with Crippen LogP contribution in [0.15, 0.2) is 40.8 Å². The minimum atomic E-state index is -0.339. The van der Waals surface area contributed by atoms with Crippen molar-refractivity contribution >= 4 is 5.91 Å². The van der Waals surface area contributed by atoms with E-state index in [1.807, 2.05) is 0 Å². The Kier molecular flexibility index (Phi) is 5.55. The van der Waals surface area contributed by atoms with Crippen molar-refractivity contribution in [1.82, 2.24) is 5.32 Å². The van der Waals surface area contributed by atoms with Crippen LogP contribution in [0.4, 0.5) is 4.39 Å². The molecule has 5 nitrogen and oxygen atoms in total. The van der Waals surface area contributed by atoms with E-state index in [0.29, 0.717) is 17.9 Å². The number of benzene rings is 1. The van der Waals surface area contributed by atoms with Gasteiger partial charge in [-0.15, -0.1) is 0 Å². The van der Waals surface area contributed by atoms with Crippen LogP contribution in [0.1, 0.15) is 29.7 Å². The Balaban J connectivity index is 1.88. The lowest BCUT2D eigenvalue weighted by Crippen LogP contribution is -2.32. The average Bonchev–Trinajstić information content (AvgIpc) is 2.96. The van der Waals surface area contributed by atoms with Gasteiger partial charge < -0.3 is 19.6 Å². The molecule has 22 heavy (non-hydrogen) atoms. The van der Waals surface area contributed by atoms with Gasteiger partial charge in [-0.05, 0) is 49.7 Å². The standard InChI is InChI=1S/C16H18FNO4/c1-11(8-9-19)18-16(20)15-7-6-14(22-15)10-21-13-4-2-12(17)3-5-13/h2-7,11,19H,8-10H2,1H3,(H,18,20)/t11-/m1/s1. The summed E-state index contributed by atoms with van der Waals surface area (Å²) in [7, 11) is 0. The van der Waals surface area contributed by atoms with Crippen LogP contribution in [-0.4, -0.2) is 23.7 Å². The molecule has 0 aliphatic rings. The van der Waals surface area contributed by atoms with E-state index in [1.54, 1.807) is 19.1 Å². The third-order valence-corrected chi connectivity index (χ3v) is 3.02. The van der Waals surface area contributed by atoms with Crippen molar-refractivity contribution in [2.45, 2.75) is 26.0 Å². The van der Waals surface area contributed by atoms with Gasteiger partial charge in [-0.2, -0.15) is 0 Å². The Bertz CT molecular complexity index is 609. The van der Waals surface area contributed by atoms with Crippen LogP contribution in [0.3, 0.4) is 0 Å². The Morgan fingerprint density at radius 1 is 1.32 bits per heavy atom. The lowest BCUT2D eigenvalue weighted by atomic mass is 10.2. The average molecular weight is 307 g/mol. The quantitative estimate of drug-likeness (QED) is 0.824. The fourth-order valence-electron chi connectivity index (χ4n) is 1.82. The van der Waals surface area contributed by atoms with Crippen molar-refractivity contribution in [2.75, 3.05) is 6.61 Å². The van der Waals surface area contributed by atoms with Crippen LogP contribution in [0, 0.1) is 5.82 Å². The normalized spacial score (nSPS) is 12.0. The molecule has 1 aromatic carbocycles. The zero-order valence-corrected chi connectivity index (χ0v) is 12.2. The van der Waals surface area contributed by atoms with Crippen LogP contribution >= 0.6 is 0 Å². The predicted octanol–water partition coefficient (Wildman–Crippen LogP) is 2.50. The van der Waals surface area contributed by atoms with E-state index in [9.17, 15) is 9.18 Å². The molecular formula is C16H18FNO4. The molecule has 0 saturated heterocycles. The van der Waals surface area contributed by atoms with Gasteiger partial charge >= 0.3 is 0 Å². The largest absolute Gasteiger partial charge is 0.486 e. The second-order valence-corrected chi connectivity index (χ2v) is 4.90. The maximum absolute atomic E-state index is 12.8. The van der Waals surface area contributed by atoms with Gasteiger partial charge in [-0.3, -0.25) is 4.79 Å². The second kappa shape index (κ2) is 7.61. The first-order valence-electron chi connectivity index (χ1n) is 6.97. The fourth-order valence-corrected chi connectivity index (χ4v) is 1.82. The molecule has 118 valence electrons. The summed E-state index contributed by atoms with van der Waals surface area (Å²) >= 11 is 0. The van der Waals surface area contributed by atoms with Crippen molar-refractivity contribution in [3.8, 4) is 5.75 Å². The number of ether oxygens (including phenoxy) is 1. The minimum Gasteiger partial charge on any atom is -0.486 e. The summed E-state index contributed by atoms with van der Waals surface area (Å²) < 4.78 is 23.6. The monoisotopic (exact) mass is 307 g/mol. The van der Waals surface area contributed by atoms with Crippen LogP contribution in [0.5, 0.6) is 5.75 Å². The van der Waals surface area contributed by atoms with E-state index in [2.05, 4.69) is 5.32 Å². The number of halogens is 1. The van der Waals surface area contributed by atoms with Gasteiger partial charge in [0, 0.05) is 12.6 Å². The summed E-state index contributed by atoms with van der Waals surface area (Å²) in [6, 6.07) is 8.71. The van der Waals surface area contributed by atoms with E-state index >= 15 is 0 Å². The van der Waals surface area contributed by atoms with E-state index in [4.69, 9.17) is 14.3 Å². The van der Waals surface area contributed by atoms with E-state index in [1.165, 1.54) is 24.3 Å². The molecule has 2 rings (SSSR count). The van der Waals surface area contributed by atoms with Crippen molar-refractivity contribution < 1.29 is 23.4 Å². The highest BCUT2D eigenvalue weighted by Crippen LogP contribution is 2.15. The van der Waals surface area contributed by atoms with Crippen LogP contribution in [0.2, 0.25) is 0 Å². The van der Waals surface area contributed by atoms with Gasteiger partial charge in [0.25, 0.3) is 5.91 Å². The summed E-state index contributed by atoms with van der Waals surface area (Å²) in [5.74, 6) is 0.516. The smallest absolute Gasteiger partial charge is 0.287 e. The molecule has 6 heteroatoms. The Labute approximate surface area is 127 Å². The molecule has 0 saturated carbocycles. The first-order chi connectivity index (χ1) is 10.6. The number of aliphatic hydroxyl groups is 1. The lowest BCUT2D eigenvalue weighted by Gasteiger charge is -2.10. The number of aliphatic hydroxyl groups excluding tert-OH is 1. The van der Waals surface area contributed by atoms with Crippen LogP contribution in [0.25, 0.3) is 0 Å². The summed E-state index contributed by atoms with van der Waals surface area (Å²) in [5, 5.41) is 11.5. The number of furan rings is 1. The van der Waals surface area contributed by atoms with Gasteiger partial charge in [0.1, 0.15) is 23.9 Å². The summed E-state index contributed by atoms with van der Waals surface area (Å²) in [6.45, 7) is 1.96. The van der Waals surface area contributed by atoms with Crippen molar-refractivity contribution in [2.24, 2.45) is 0 Å². The molecule has 0 unspecified atom stereocenters. The Morgan fingerprint density at radius 2 is 2.05 bits per heavy atom. The number of hydrogen-bond acceptors (Lipinski definition) is 4.